The van der Waals surface area contributed by atoms with Gasteiger partial charge in [0.1, 0.15) is 5.75 Å². The van der Waals surface area contributed by atoms with E-state index in [0.717, 1.165) is 34.7 Å². The average Bonchev–Trinajstić information content (AvgIpc) is 3.05. The summed E-state index contributed by atoms with van der Waals surface area (Å²) in [5.74, 6) is -0.743. The normalized spacial score (nSPS) is 17.3. The van der Waals surface area contributed by atoms with Gasteiger partial charge in [-0.25, -0.2) is 4.79 Å². The lowest BCUT2D eigenvalue weighted by Crippen LogP contribution is -2.26. The van der Waals surface area contributed by atoms with Crippen LogP contribution in [-0.4, -0.2) is 21.8 Å². The largest absolute Gasteiger partial charge is 0.508 e. The van der Waals surface area contributed by atoms with E-state index < -0.39 is 11.6 Å². The zero-order chi connectivity index (χ0) is 20.4. The van der Waals surface area contributed by atoms with Crippen LogP contribution in [0.4, 0.5) is 0 Å². The zero-order valence-electron chi connectivity index (χ0n) is 16.2. The molecule has 5 heteroatoms. The fourth-order valence-electron chi connectivity index (χ4n) is 3.90. The number of phenolic OH excluding ortho intramolecular Hbond substituents is 1. The molecular formula is C24H22N2O3. The third-order valence-electron chi connectivity index (χ3n) is 5.18. The molecule has 0 amide bonds. The minimum Gasteiger partial charge on any atom is -0.508 e. The molecule has 146 valence electrons. The Bertz CT molecular complexity index is 1190. The van der Waals surface area contributed by atoms with Crippen LogP contribution in [0, 0.1) is 0 Å². The number of hydrogen-bond acceptors (Lipinski definition) is 4. The first kappa shape index (κ1) is 18.9. The smallest absolute Gasteiger partial charge is 0.336 e. The van der Waals surface area contributed by atoms with E-state index >= 15 is 0 Å². The van der Waals surface area contributed by atoms with Crippen molar-refractivity contribution in [2.45, 2.75) is 31.8 Å². The van der Waals surface area contributed by atoms with Gasteiger partial charge in [-0.15, -0.1) is 0 Å². The number of carbonyl (C=O) groups is 1. The van der Waals surface area contributed by atoms with Gasteiger partial charge in [-0.1, -0.05) is 55.8 Å². The number of aromatic hydroxyl groups is 1. The van der Waals surface area contributed by atoms with E-state index in [1.165, 1.54) is 0 Å². The first-order valence-electron chi connectivity index (χ1n) is 9.70. The van der Waals surface area contributed by atoms with Crippen molar-refractivity contribution in [3.63, 3.8) is 0 Å². The van der Waals surface area contributed by atoms with Crippen LogP contribution in [0.2, 0.25) is 0 Å². The number of rotatable bonds is 6. The summed E-state index contributed by atoms with van der Waals surface area (Å²) in [5, 5.41) is 20.7. The maximum Gasteiger partial charge on any atom is 0.336 e. The quantitative estimate of drug-likeness (QED) is 0.677. The summed E-state index contributed by atoms with van der Waals surface area (Å²) in [4.78, 5) is 21.2. The molecular weight excluding hydrogens is 364 g/mol. The fraction of sp³-hybridized carbons (Fsp3) is 0.208. The third-order valence-corrected chi connectivity index (χ3v) is 5.18. The molecule has 1 atom stereocenters. The minimum atomic E-state index is -0.934. The van der Waals surface area contributed by atoms with Gasteiger partial charge in [0, 0.05) is 12.5 Å². The highest BCUT2D eigenvalue weighted by Gasteiger charge is 2.30. The van der Waals surface area contributed by atoms with Gasteiger partial charge in [0.15, 0.2) is 5.66 Å². The Kier molecular flexibility index (Phi) is 4.89. The van der Waals surface area contributed by atoms with Crippen molar-refractivity contribution in [1.82, 2.24) is 0 Å². The van der Waals surface area contributed by atoms with Gasteiger partial charge in [0.2, 0.25) is 0 Å². The second-order valence-corrected chi connectivity index (χ2v) is 7.35. The van der Waals surface area contributed by atoms with E-state index in [1.54, 1.807) is 30.3 Å². The van der Waals surface area contributed by atoms with Crippen molar-refractivity contribution in [3.8, 4) is 16.9 Å². The Hall–Kier alpha value is -3.47. The summed E-state index contributed by atoms with van der Waals surface area (Å²) in [5.41, 5.74) is 2.38. The lowest BCUT2D eigenvalue weighted by molar-refractivity contribution is 0.0697. The molecule has 0 spiro atoms. The maximum absolute atomic E-state index is 11.5. The molecule has 1 aliphatic rings. The molecule has 2 N–H and O–H groups in total. The highest BCUT2D eigenvalue weighted by atomic mass is 16.4. The number of nitrogens with zero attached hydrogens (tertiary/aromatic N) is 2. The number of hydrogen-bond donors (Lipinski definition) is 2. The Morgan fingerprint density at radius 1 is 0.966 bits per heavy atom. The zero-order valence-corrected chi connectivity index (χ0v) is 16.2. The Morgan fingerprint density at radius 3 is 2.41 bits per heavy atom. The van der Waals surface area contributed by atoms with Crippen LogP contribution in [0.15, 0.2) is 76.7 Å². The SMILES string of the molecule is CCCC1(Cc2ccc(-c3ccccc3C(=O)O)cc2)N=c2ccc(O)cc2=N1. The number of carboxylic acid groups (broad SMARTS) is 1. The predicted octanol–water partition coefficient (Wildman–Crippen LogP) is 3.75. The number of fused-ring (bicyclic) bond motifs is 1. The summed E-state index contributed by atoms with van der Waals surface area (Å²) in [6, 6.07) is 20.0. The van der Waals surface area contributed by atoms with Gasteiger partial charge < -0.3 is 10.2 Å². The number of benzene rings is 3. The first-order chi connectivity index (χ1) is 14.0. The van der Waals surface area contributed by atoms with E-state index in [2.05, 4.69) is 6.92 Å². The standard InChI is InChI=1S/C24H22N2O3/c1-2-13-24(25-21-12-11-18(27)14-22(21)26-24)15-16-7-9-17(10-8-16)19-5-3-4-6-20(19)23(28)29/h3-12,14,27H,2,13,15H2,1H3,(H,28,29). The van der Waals surface area contributed by atoms with Crippen molar-refractivity contribution in [3.05, 3.63) is 88.6 Å². The second kappa shape index (κ2) is 7.51. The van der Waals surface area contributed by atoms with Gasteiger partial charge in [-0.3, -0.25) is 9.98 Å². The molecule has 0 bridgehead atoms. The molecule has 1 unspecified atom stereocenters. The molecule has 0 radical (unpaired) electrons. The fourth-order valence-corrected chi connectivity index (χ4v) is 3.90. The summed E-state index contributed by atoms with van der Waals surface area (Å²) in [6.07, 6.45) is 2.40. The highest BCUT2D eigenvalue weighted by Crippen LogP contribution is 2.29. The van der Waals surface area contributed by atoms with Gasteiger partial charge in [0.05, 0.1) is 16.3 Å². The van der Waals surface area contributed by atoms with E-state index in [4.69, 9.17) is 9.98 Å². The average molecular weight is 386 g/mol. The number of aromatic carboxylic acids is 1. The lowest BCUT2D eigenvalue weighted by atomic mass is 9.93. The van der Waals surface area contributed by atoms with Crippen LogP contribution in [0.25, 0.3) is 11.1 Å². The molecule has 1 aliphatic heterocycles. The Morgan fingerprint density at radius 2 is 1.69 bits per heavy atom. The first-order valence-corrected chi connectivity index (χ1v) is 9.70. The van der Waals surface area contributed by atoms with E-state index in [1.807, 2.05) is 36.4 Å². The highest BCUT2D eigenvalue weighted by molar-refractivity contribution is 5.95. The van der Waals surface area contributed by atoms with Gasteiger partial charge in [0.25, 0.3) is 0 Å². The van der Waals surface area contributed by atoms with Crippen LogP contribution in [-0.2, 0) is 6.42 Å². The molecule has 0 saturated carbocycles. The van der Waals surface area contributed by atoms with E-state index in [9.17, 15) is 15.0 Å². The molecule has 3 aromatic rings. The molecule has 0 fully saturated rings. The summed E-state index contributed by atoms with van der Waals surface area (Å²) in [6.45, 7) is 2.11. The molecule has 3 aromatic carbocycles. The molecule has 0 saturated heterocycles. The molecule has 0 aromatic heterocycles. The molecule has 4 rings (SSSR count). The van der Waals surface area contributed by atoms with Gasteiger partial charge in [-0.2, -0.15) is 0 Å². The lowest BCUT2D eigenvalue weighted by Gasteiger charge is -2.23. The Balaban J connectivity index is 1.65. The molecule has 29 heavy (non-hydrogen) atoms. The van der Waals surface area contributed by atoms with Gasteiger partial charge in [-0.05, 0) is 41.3 Å². The summed E-state index contributed by atoms with van der Waals surface area (Å²) < 4.78 is 0. The summed E-state index contributed by atoms with van der Waals surface area (Å²) >= 11 is 0. The van der Waals surface area contributed by atoms with Crippen molar-refractivity contribution >= 4 is 5.97 Å². The van der Waals surface area contributed by atoms with Crippen LogP contribution >= 0.6 is 0 Å². The second-order valence-electron chi connectivity index (χ2n) is 7.35. The maximum atomic E-state index is 11.5. The minimum absolute atomic E-state index is 0.191. The predicted molar refractivity (Wildman–Crippen MR) is 111 cm³/mol. The number of carboxylic acids is 1. The topological polar surface area (TPSA) is 82.2 Å². The third kappa shape index (κ3) is 3.76. The van der Waals surface area contributed by atoms with Crippen molar-refractivity contribution in [2.75, 3.05) is 0 Å². The molecule has 0 aliphatic carbocycles. The van der Waals surface area contributed by atoms with Crippen LogP contribution in [0.5, 0.6) is 5.75 Å². The molecule has 1 heterocycles. The van der Waals surface area contributed by atoms with Crippen molar-refractivity contribution in [2.24, 2.45) is 9.98 Å². The molecule has 5 nitrogen and oxygen atoms in total. The van der Waals surface area contributed by atoms with Crippen molar-refractivity contribution in [1.29, 1.82) is 0 Å². The van der Waals surface area contributed by atoms with Crippen LogP contribution in [0.1, 0.15) is 35.7 Å². The number of phenols is 1. The van der Waals surface area contributed by atoms with E-state index in [0.29, 0.717) is 17.5 Å². The monoisotopic (exact) mass is 386 g/mol. The summed E-state index contributed by atoms with van der Waals surface area (Å²) in [7, 11) is 0. The van der Waals surface area contributed by atoms with Crippen molar-refractivity contribution < 1.29 is 15.0 Å². The van der Waals surface area contributed by atoms with Crippen LogP contribution in [0.3, 0.4) is 0 Å². The van der Waals surface area contributed by atoms with Gasteiger partial charge >= 0.3 is 5.97 Å². The van der Waals surface area contributed by atoms with Crippen LogP contribution < -0.4 is 10.7 Å². The Labute approximate surface area is 168 Å². The van der Waals surface area contributed by atoms with E-state index in [-0.39, 0.29) is 5.75 Å².